The standard InChI is InChI=1S/C14H13F3N4OS/c1-8-19-20-13(23-8)21-6-9(7-21)18-12(22)10-4-2-3-5-11(10)14(15,16)17/h2-5,9H,6-7H2,1H3,(H,18,22). The highest BCUT2D eigenvalue weighted by atomic mass is 32.1. The number of amides is 1. The van der Waals surface area contributed by atoms with Crippen LogP contribution < -0.4 is 10.2 Å². The van der Waals surface area contributed by atoms with Crippen molar-refractivity contribution >= 4 is 22.4 Å². The van der Waals surface area contributed by atoms with Crippen molar-refractivity contribution in [2.45, 2.75) is 19.1 Å². The molecule has 23 heavy (non-hydrogen) atoms. The zero-order valence-corrected chi connectivity index (χ0v) is 12.9. The molecule has 1 fully saturated rings. The molecular weight excluding hydrogens is 329 g/mol. The molecule has 2 heterocycles. The lowest BCUT2D eigenvalue weighted by Crippen LogP contribution is -2.59. The Morgan fingerprint density at radius 2 is 2.00 bits per heavy atom. The van der Waals surface area contributed by atoms with E-state index in [2.05, 4.69) is 15.5 Å². The van der Waals surface area contributed by atoms with Gasteiger partial charge in [-0.3, -0.25) is 4.79 Å². The zero-order valence-electron chi connectivity index (χ0n) is 12.1. The predicted octanol–water partition coefficient (Wildman–Crippen LogP) is 2.48. The van der Waals surface area contributed by atoms with E-state index in [1.807, 2.05) is 11.8 Å². The molecule has 1 aromatic carbocycles. The zero-order chi connectivity index (χ0) is 16.6. The average molecular weight is 342 g/mol. The highest BCUT2D eigenvalue weighted by Gasteiger charge is 2.36. The van der Waals surface area contributed by atoms with Gasteiger partial charge in [-0.15, -0.1) is 10.2 Å². The number of hydrogen-bond acceptors (Lipinski definition) is 5. The van der Waals surface area contributed by atoms with Gasteiger partial charge >= 0.3 is 6.18 Å². The first kappa shape index (κ1) is 15.7. The van der Waals surface area contributed by atoms with E-state index in [9.17, 15) is 18.0 Å². The van der Waals surface area contributed by atoms with Gasteiger partial charge in [0.2, 0.25) is 5.13 Å². The van der Waals surface area contributed by atoms with E-state index < -0.39 is 17.6 Å². The molecule has 0 aliphatic carbocycles. The second-order valence-electron chi connectivity index (χ2n) is 5.22. The van der Waals surface area contributed by atoms with Gasteiger partial charge in [0, 0.05) is 13.1 Å². The van der Waals surface area contributed by atoms with Crippen LogP contribution in [0.15, 0.2) is 24.3 Å². The van der Waals surface area contributed by atoms with Crippen LogP contribution in [0.4, 0.5) is 18.3 Å². The van der Waals surface area contributed by atoms with Crippen LogP contribution in [0.1, 0.15) is 20.9 Å². The third kappa shape index (κ3) is 3.29. The molecule has 1 aromatic heterocycles. The van der Waals surface area contributed by atoms with E-state index in [4.69, 9.17) is 0 Å². The van der Waals surface area contributed by atoms with E-state index in [-0.39, 0.29) is 11.6 Å². The number of carbonyl (C=O) groups excluding carboxylic acids is 1. The molecule has 0 radical (unpaired) electrons. The fraction of sp³-hybridized carbons (Fsp3) is 0.357. The summed E-state index contributed by atoms with van der Waals surface area (Å²) in [5.74, 6) is -0.712. The summed E-state index contributed by atoms with van der Waals surface area (Å²) in [4.78, 5) is 14.0. The van der Waals surface area contributed by atoms with Crippen molar-refractivity contribution in [3.8, 4) is 0 Å². The highest BCUT2D eigenvalue weighted by Crippen LogP contribution is 2.32. The minimum Gasteiger partial charge on any atom is -0.346 e. The van der Waals surface area contributed by atoms with Crippen LogP contribution in [-0.2, 0) is 6.18 Å². The van der Waals surface area contributed by atoms with Gasteiger partial charge in [-0.2, -0.15) is 13.2 Å². The van der Waals surface area contributed by atoms with Gasteiger partial charge in [0.25, 0.3) is 5.91 Å². The van der Waals surface area contributed by atoms with Gasteiger partial charge in [-0.05, 0) is 19.1 Å². The van der Waals surface area contributed by atoms with Gasteiger partial charge in [0.05, 0.1) is 17.2 Å². The van der Waals surface area contributed by atoms with Crippen molar-refractivity contribution in [3.63, 3.8) is 0 Å². The van der Waals surface area contributed by atoms with Crippen LogP contribution in [0.3, 0.4) is 0 Å². The van der Waals surface area contributed by atoms with Crippen LogP contribution in [0, 0.1) is 6.92 Å². The topological polar surface area (TPSA) is 58.1 Å². The maximum atomic E-state index is 12.9. The third-order valence-electron chi connectivity index (χ3n) is 3.48. The van der Waals surface area contributed by atoms with Crippen LogP contribution in [0.2, 0.25) is 0 Å². The number of nitrogens with one attached hydrogen (secondary N) is 1. The van der Waals surface area contributed by atoms with Gasteiger partial charge in [0.15, 0.2) is 0 Å². The molecule has 9 heteroatoms. The highest BCUT2D eigenvalue weighted by molar-refractivity contribution is 7.15. The molecule has 0 saturated carbocycles. The van der Waals surface area contributed by atoms with Crippen molar-refractivity contribution in [1.29, 1.82) is 0 Å². The Kier molecular flexibility index (Phi) is 3.97. The second kappa shape index (κ2) is 5.80. The van der Waals surface area contributed by atoms with E-state index >= 15 is 0 Å². The van der Waals surface area contributed by atoms with Crippen LogP contribution in [0.5, 0.6) is 0 Å². The van der Waals surface area contributed by atoms with E-state index in [1.165, 1.54) is 29.5 Å². The fourth-order valence-corrected chi connectivity index (χ4v) is 3.04. The van der Waals surface area contributed by atoms with Gasteiger partial charge in [-0.1, -0.05) is 23.5 Å². The number of aryl methyl sites for hydroxylation is 1. The molecule has 0 spiro atoms. The molecule has 3 rings (SSSR count). The van der Waals surface area contributed by atoms with Crippen LogP contribution in [-0.4, -0.2) is 35.2 Å². The number of alkyl halides is 3. The molecular formula is C14H13F3N4OS. The lowest BCUT2D eigenvalue weighted by Gasteiger charge is -2.39. The molecule has 0 atom stereocenters. The summed E-state index contributed by atoms with van der Waals surface area (Å²) in [7, 11) is 0. The molecule has 5 nitrogen and oxygen atoms in total. The fourth-order valence-electron chi connectivity index (χ4n) is 2.33. The van der Waals surface area contributed by atoms with Crippen molar-refractivity contribution in [1.82, 2.24) is 15.5 Å². The lowest BCUT2D eigenvalue weighted by molar-refractivity contribution is -0.137. The number of carbonyl (C=O) groups is 1. The summed E-state index contributed by atoms with van der Waals surface area (Å²) in [6, 6.07) is 4.58. The molecule has 122 valence electrons. The van der Waals surface area contributed by atoms with Crippen molar-refractivity contribution in [2.24, 2.45) is 0 Å². The Labute approximate surface area is 134 Å². The monoisotopic (exact) mass is 342 g/mol. The number of benzene rings is 1. The minimum absolute atomic E-state index is 0.201. The first-order valence-electron chi connectivity index (χ1n) is 6.87. The first-order chi connectivity index (χ1) is 10.8. The average Bonchev–Trinajstić information content (AvgIpc) is 2.87. The van der Waals surface area contributed by atoms with Crippen molar-refractivity contribution < 1.29 is 18.0 Å². The molecule has 1 saturated heterocycles. The second-order valence-corrected chi connectivity index (χ2v) is 6.38. The Morgan fingerprint density at radius 3 is 2.61 bits per heavy atom. The SMILES string of the molecule is Cc1nnc(N2CC(NC(=O)c3ccccc3C(F)(F)F)C2)s1. The summed E-state index contributed by atoms with van der Waals surface area (Å²) in [6.45, 7) is 2.86. The Balaban J connectivity index is 1.63. The minimum atomic E-state index is -4.55. The summed E-state index contributed by atoms with van der Waals surface area (Å²) < 4.78 is 38.8. The maximum Gasteiger partial charge on any atom is 0.417 e. The summed E-state index contributed by atoms with van der Waals surface area (Å²) >= 11 is 1.44. The maximum absolute atomic E-state index is 12.9. The molecule has 0 unspecified atom stereocenters. The van der Waals surface area contributed by atoms with Gasteiger partial charge in [0.1, 0.15) is 5.01 Å². The van der Waals surface area contributed by atoms with Crippen LogP contribution >= 0.6 is 11.3 Å². The number of anilines is 1. The first-order valence-corrected chi connectivity index (χ1v) is 7.68. The summed E-state index contributed by atoms with van der Waals surface area (Å²) in [6.07, 6.45) is -4.55. The predicted molar refractivity (Wildman–Crippen MR) is 79.6 cm³/mol. The molecule has 2 aromatic rings. The van der Waals surface area contributed by atoms with Crippen molar-refractivity contribution in [2.75, 3.05) is 18.0 Å². The number of halogens is 3. The smallest absolute Gasteiger partial charge is 0.346 e. The largest absolute Gasteiger partial charge is 0.417 e. The van der Waals surface area contributed by atoms with E-state index in [1.54, 1.807) is 0 Å². The number of hydrogen-bond donors (Lipinski definition) is 1. The van der Waals surface area contributed by atoms with Crippen molar-refractivity contribution in [3.05, 3.63) is 40.4 Å². The molecule has 1 aliphatic heterocycles. The van der Waals surface area contributed by atoms with Gasteiger partial charge in [-0.25, -0.2) is 0 Å². The summed E-state index contributed by atoms with van der Waals surface area (Å²) in [5, 5.41) is 12.1. The Morgan fingerprint density at radius 1 is 1.30 bits per heavy atom. The number of rotatable bonds is 3. The van der Waals surface area contributed by atoms with E-state index in [0.29, 0.717) is 13.1 Å². The summed E-state index contributed by atoms with van der Waals surface area (Å²) in [5.41, 5.74) is -1.28. The normalized spacial score (nSPS) is 15.4. The molecule has 1 amide bonds. The lowest BCUT2D eigenvalue weighted by atomic mass is 10.0. The Bertz CT molecular complexity index is 725. The molecule has 0 bridgehead atoms. The van der Waals surface area contributed by atoms with E-state index in [0.717, 1.165) is 16.2 Å². The molecule has 1 aliphatic rings. The van der Waals surface area contributed by atoms with Crippen LogP contribution in [0.25, 0.3) is 0 Å². The number of nitrogens with zero attached hydrogens (tertiary/aromatic N) is 3. The quantitative estimate of drug-likeness (QED) is 0.931. The van der Waals surface area contributed by atoms with Gasteiger partial charge < -0.3 is 10.2 Å². The Hall–Kier alpha value is -2.16. The molecule has 1 N–H and O–H groups in total. The third-order valence-corrected chi connectivity index (χ3v) is 4.38. The number of aromatic nitrogens is 2.